The van der Waals surface area contributed by atoms with Gasteiger partial charge in [-0.3, -0.25) is 19.3 Å². The third-order valence-corrected chi connectivity index (χ3v) is 5.49. The molecule has 0 unspecified atom stereocenters. The SMILES string of the molecule is CCOc1cc(/C=C2/SC(=O)N(CC(=O)Nc3ccccc3)C2=O)c(Br)cc1O. The van der Waals surface area contributed by atoms with E-state index in [1.54, 1.807) is 37.3 Å². The predicted octanol–water partition coefficient (Wildman–Crippen LogP) is 4.23. The largest absolute Gasteiger partial charge is 0.504 e. The number of ether oxygens (including phenoxy) is 1. The molecule has 29 heavy (non-hydrogen) atoms. The summed E-state index contributed by atoms with van der Waals surface area (Å²) in [5.41, 5.74) is 1.14. The molecule has 2 N–H and O–H groups in total. The first kappa shape index (κ1) is 20.9. The summed E-state index contributed by atoms with van der Waals surface area (Å²) in [6.45, 7) is 1.77. The minimum atomic E-state index is -0.554. The molecule has 9 heteroatoms. The monoisotopic (exact) mass is 476 g/mol. The second-order valence-electron chi connectivity index (χ2n) is 5.96. The van der Waals surface area contributed by atoms with Crippen LogP contribution in [0.2, 0.25) is 0 Å². The van der Waals surface area contributed by atoms with Gasteiger partial charge in [-0.15, -0.1) is 0 Å². The number of benzene rings is 2. The lowest BCUT2D eigenvalue weighted by molar-refractivity contribution is -0.127. The van der Waals surface area contributed by atoms with Crippen LogP contribution in [0.1, 0.15) is 12.5 Å². The van der Waals surface area contributed by atoms with Crippen molar-refractivity contribution in [3.8, 4) is 11.5 Å². The van der Waals surface area contributed by atoms with Gasteiger partial charge in [0.25, 0.3) is 11.1 Å². The number of carbonyl (C=O) groups is 3. The molecule has 150 valence electrons. The molecule has 1 saturated heterocycles. The molecule has 0 bridgehead atoms. The maximum atomic E-state index is 12.6. The van der Waals surface area contributed by atoms with Crippen LogP contribution in [0.15, 0.2) is 51.8 Å². The Labute approximate surface area is 179 Å². The third kappa shape index (κ3) is 4.99. The first-order valence-corrected chi connectivity index (χ1v) is 10.3. The lowest BCUT2D eigenvalue weighted by Crippen LogP contribution is -2.36. The van der Waals surface area contributed by atoms with E-state index in [1.807, 2.05) is 6.07 Å². The van der Waals surface area contributed by atoms with E-state index in [0.717, 1.165) is 16.7 Å². The number of aromatic hydroxyl groups is 1. The smallest absolute Gasteiger partial charge is 0.294 e. The number of nitrogens with one attached hydrogen (secondary N) is 1. The number of phenols is 1. The van der Waals surface area contributed by atoms with Crippen LogP contribution in [0.3, 0.4) is 0 Å². The zero-order valence-electron chi connectivity index (χ0n) is 15.3. The van der Waals surface area contributed by atoms with Gasteiger partial charge in [0, 0.05) is 10.2 Å². The van der Waals surface area contributed by atoms with Crippen molar-refractivity contribution in [1.82, 2.24) is 4.90 Å². The number of amides is 3. The van der Waals surface area contributed by atoms with E-state index in [0.29, 0.717) is 22.3 Å². The van der Waals surface area contributed by atoms with Crippen LogP contribution in [0, 0.1) is 0 Å². The van der Waals surface area contributed by atoms with Crippen molar-refractivity contribution in [2.24, 2.45) is 0 Å². The van der Waals surface area contributed by atoms with Crippen LogP contribution in [-0.2, 0) is 9.59 Å². The van der Waals surface area contributed by atoms with Crippen molar-refractivity contribution >= 4 is 56.5 Å². The van der Waals surface area contributed by atoms with E-state index in [1.165, 1.54) is 12.1 Å². The molecule has 1 aliphatic rings. The van der Waals surface area contributed by atoms with Gasteiger partial charge in [0.1, 0.15) is 6.54 Å². The number of para-hydroxylation sites is 1. The summed E-state index contributed by atoms with van der Waals surface area (Å²) in [5, 5.41) is 12.0. The Balaban J connectivity index is 1.76. The molecule has 7 nitrogen and oxygen atoms in total. The minimum Gasteiger partial charge on any atom is -0.504 e. The van der Waals surface area contributed by atoms with Crippen LogP contribution in [0.4, 0.5) is 10.5 Å². The number of phenolic OH excluding ortho intramolecular Hbond substituents is 1. The molecule has 0 aliphatic carbocycles. The fourth-order valence-electron chi connectivity index (χ4n) is 2.58. The molecular weight excluding hydrogens is 460 g/mol. The Kier molecular flexibility index (Phi) is 6.60. The molecule has 2 aromatic rings. The number of halogens is 1. The standard InChI is InChI=1S/C20H17BrN2O5S/c1-2-28-16-8-12(14(21)10-15(16)24)9-17-19(26)23(20(27)29-17)11-18(25)22-13-6-4-3-5-7-13/h3-10,24H,2,11H2,1H3,(H,22,25)/b17-9+. The van der Waals surface area contributed by atoms with Crippen LogP contribution in [-0.4, -0.2) is 40.2 Å². The summed E-state index contributed by atoms with van der Waals surface area (Å²) < 4.78 is 5.89. The zero-order valence-corrected chi connectivity index (χ0v) is 17.7. The number of anilines is 1. The highest BCUT2D eigenvalue weighted by molar-refractivity contribution is 9.10. The number of thioether (sulfide) groups is 1. The molecule has 0 aromatic heterocycles. The molecule has 2 aromatic carbocycles. The molecular formula is C20H17BrN2O5S. The molecule has 0 spiro atoms. The first-order valence-electron chi connectivity index (χ1n) is 8.64. The number of hydrogen-bond acceptors (Lipinski definition) is 6. The third-order valence-electron chi connectivity index (χ3n) is 3.90. The number of carbonyl (C=O) groups excluding carboxylic acids is 3. The fraction of sp³-hybridized carbons (Fsp3) is 0.150. The highest BCUT2D eigenvalue weighted by atomic mass is 79.9. The summed E-state index contributed by atoms with van der Waals surface area (Å²) in [4.78, 5) is 38.2. The predicted molar refractivity (Wildman–Crippen MR) is 115 cm³/mol. The summed E-state index contributed by atoms with van der Waals surface area (Å²) >= 11 is 4.08. The minimum absolute atomic E-state index is 0.0402. The van der Waals surface area contributed by atoms with Crippen LogP contribution < -0.4 is 10.1 Å². The Hall–Kier alpha value is -2.78. The molecule has 3 amide bonds. The van der Waals surface area contributed by atoms with E-state index in [-0.39, 0.29) is 22.9 Å². The van der Waals surface area contributed by atoms with Gasteiger partial charge in [-0.05, 0) is 54.6 Å². The molecule has 3 rings (SSSR count). The second-order valence-corrected chi connectivity index (χ2v) is 7.80. The van der Waals surface area contributed by atoms with Crippen LogP contribution in [0.5, 0.6) is 11.5 Å². The van der Waals surface area contributed by atoms with Gasteiger partial charge in [-0.2, -0.15) is 0 Å². The summed E-state index contributed by atoms with van der Waals surface area (Å²) in [6, 6.07) is 11.8. The highest BCUT2D eigenvalue weighted by Gasteiger charge is 2.36. The van der Waals surface area contributed by atoms with Gasteiger partial charge in [-0.1, -0.05) is 34.1 Å². The quantitative estimate of drug-likeness (QED) is 0.605. The summed E-state index contributed by atoms with van der Waals surface area (Å²) in [7, 11) is 0. The topological polar surface area (TPSA) is 95.9 Å². The van der Waals surface area contributed by atoms with E-state index in [9.17, 15) is 19.5 Å². The Morgan fingerprint density at radius 1 is 1.28 bits per heavy atom. The van der Waals surface area contributed by atoms with Gasteiger partial charge >= 0.3 is 0 Å². The summed E-state index contributed by atoms with van der Waals surface area (Å²) in [5.74, 6) is -0.796. The Morgan fingerprint density at radius 2 is 2.00 bits per heavy atom. The average molecular weight is 477 g/mol. The van der Waals surface area contributed by atoms with Crippen LogP contribution in [0.25, 0.3) is 6.08 Å². The molecule has 0 saturated carbocycles. The lowest BCUT2D eigenvalue weighted by Gasteiger charge is -2.12. The van der Waals surface area contributed by atoms with Gasteiger partial charge in [-0.25, -0.2) is 0 Å². The second kappa shape index (κ2) is 9.15. The Morgan fingerprint density at radius 3 is 2.69 bits per heavy atom. The van der Waals surface area contributed by atoms with Crippen molar-refractivity contribution in [1.29, 1.82) is 0 Å². The van der Waals surface area contributed by atoms with Crippen molar-refractivity contribution in [3.63, 3.8) is 0 Å². The van der Waals surface area contributed by atoms with Crippen molar-refractivity contribution in [2.75, 3.05) is 18.5 Å². The molecule has 1 aliphatic heterocycles. The lowest BCUT2D eigenvalue weighted by atomic mass is 10.2. The van der Waals surface area contributed by atoms with E-state index in [2.05, 4.69) is 21.2 Å². The molecule has 0 atom stereocenters. The number of imide groups is 1. The maximum Gasteiger partial charge on any atom is 0.294 e. The molecule has 1 heterocycles. The van der Waals surface area contributed by atoms with Gasteiger partial charge in [0.05, 0.1) is 11.5 Å². The number of hydrogen-bond donors (Lipinski definition) is 2. The van der Waals surface area contributed by atoms with Gasteiger partial charge < -0.3 is 15.2 Å². The Bertz CT molecular complexity index is 994. The van der Waals surface area contributed by atoms with Crippen molar-refractivity contribution < 1.29 is 24.2 Å². The van der Waals surface area contributed by atoms with E-state index in [4.69, 9.17) is 4.74 Å². The average Bonchev–Trinajstić information content (AvgIpc) is 2.94. The van der Waals surface area contributed by atoms with Crippen molar-refractivity contribution in [3.05, 3.63) is 57.4 Å². The number of rotatable bonds is 6. The molecule has 0 radical (unpaired) electrons. The number of nitrogens with zero attached hydrogens (tertiary/aromatic N) is 1. The van der Waals surface area contributed by atoms with Gasteiger partial charge in [0.15, 0.2) is 11.5 Å². The van der Waals surface area contributed by atoms with E-state index >= 15 is 0 Å². The van der Waals surface area contributed by atoms with E-state index < -0.39 is 17.1 Å². The zero-order chi connectivity index (χ0) is 21.0. The highest BCUT2D eigenvalue weighted by Crippen LogP contribution is 2.37. The van der Waals surface area contributed by atoms with Gasteiger partial charge in [0.2, 0.25) is 5.91 Å². The van der Waals surface area contributed by atoms with Crippen LogP contribution >= 0.6 is 27.7 Å². The maximum absolute atomic E-state index is 12.6. The fourth-order valence-corrected chi connectivity index (χ4v) is 3.86. The van der Waals surface area contributed by atoms with Crippen molar-refractivity contribution in [2.45, 2.75) is 6.92 Å². The first-order chi connectivity index (χ1) is 13.9. The summed E-state index contributed by atoms with van der Waals surface area (Å²) in [6.07, 6.45) is 1.52. The normalized spacial score (nSPS) is 15.1. The molecule has 1 fully saturated rings.